The molecular formula is C28H26FN3O4S2. The zero-order valence-corrected chi connectivity index (χ0v) is 22.9. The standard InChI is InChI=1S/C28H26FN3O4S2/c1-4-36-27(35)23-20-7-5-6-8-22(20)38-26(23)31-15(2)13-17(16(31)3)14-21-24(33)30-28(37)32(25(21)34)19-11-9-18(29)10-12-19/h9-14H,4-8H2,1-3H3,(H,30,33,37). The predicted octanol–water partition coefficient (Wildman–Crippen LogP) is 5.18. The number of aryl methyl sites for hydroxylation is 2. The van der Waals surface area contributed by atoms with Crippen LogP contribution in [0.4, 0.5) is 10.1 Å². The first-order valence-corrected chi connectivity index (χ1v) is 13.6. The Kier molecular flexibility index (Phi) is 7.02. The number of thiophene rings is 1. The minimum Gasteiger partial charge on any atom is -0.462 e. The van der Waals surface area contributed by atoms with E-state index >= 15 is 0 Å². The Morgan fingerprint density at radius 2 is 1.89 bits per heavy atom. The van der Waals surface area contributed by atoms with Crippen molar-refractivity contribution in [2.24, 2.45) is 0 Å². The van der Waals surface area contributed by atoms with Gasteiger partial charge in [0.15, 0.2) is 5.11 Å². The number of hydrogen-bond acceptors (Lipinski definition) is 6. The number of nitrogens with one attached hydrogen (secondary N) is 1. The Bertz CT molecular complexity index is 1520. The fourth-order valence-corrected chi connectivity index (χ4v) is 6.78. The summed E-state index contributed by atoms with van der Waals surface area (Å²) in [6.45, 7) is 5.89. The highest BCUT2D eigenvalue weighted by Gasteiger charge is 2.35. The molecule has 3 aromatic rings. The Balaban J connectivity index is 1.58. The van der Waals surface area contributed by atoms with Gasteiger partial charge in [0.2, 0.25) is 0 Å². The quantitative estimate of drug-likeness (QED) is 0.205. The van der Waals surface area contributed by atoms with E-state index in [1.807, 2.05) is 24.5 Å². The number of hydrogen-bond donors (Lipinski definition) is 1. The van der Waals surface area contributed by atoms with Crippen LogP contribution in [0.2, 0.25) is 0 Å². The minimum absolute atomic E-state index is 0.0718. The van der Waals surface area contributed by atoms with Gasteiger partial charge in [0.05, 0.1) is 17.9 Å². The van der Waals surface area contributed by atoms with E-state index in [0.717, 1.165) is 47.6 Å². The predicted molar refractivity (Wildman–Crippen MR) is 148 cm³/mol. The van der Waals surface area contributed by atoms with Gasteiger partial charge < -0.3 is 9.30 Å². The molecular weight excluding hydrogens is 525 g/mol. The number of anilines is 1. The number of halogens is 1. The molecule has 196 valence electrons. The number of thiocarbonyl (C=S) groups is 1. The minimum atomic E-state index is -0.609. The van der Waals surface area contributed by atoms with Crippen LogP contribution in [-0.4, -0.2) is 34.1 Å². The smallest absolute Gasteiger partial charge is 0.341 e. The molecule has 0 unspecified atom stereocenters. The van der Waals surface area contributed by atoms with Gasteiger partial charge in [-0.15, -0.1) is 11.3 Å². The summed E-state index contributed by atoms with van der Waals surface area (Å²) >= 11 is 6.83. The van der Waals surface area contributed by atoms with E-state index in [4.69, 9.17) is 17.0 Å². The van der Waals surface area contributed by atoms with Gasteiger partial charge in [-0.2, -0.15) is 0 Å². The highest BCUT2D eigenvalue weighted by molar-refractivity contribution is 7.80. The largest absolute Gasteiger partial charge is 0.462 e. The molecule has 3 heterocycles. The number of rotatable bonds is 5. The third kappa shape index (κ3) is 4.48. The summed E-state index contributed by atoms with van der Waals surface area (Å²) in [6.07, 6.45) is 5.41. The monoisotopic (exact) mass is 551 g/mol. The van der Waals surface area contributed by atoms with Gasteiger partial charge in [0, 0.05) is 16.3 Å². The summed E-state index contributed by atoms with van der Waals surface area (Å²) in [5.74, 6) is -2.00. The molecule has 0 atom stereocenters. The molecule has 2 aromatic heterocycles. The highest BCUT2D eigenvalue weighted by atomic mass is 32.1. The van der Waals surface area contributed by atoms with Gasteiger partial charge in [-0.3, -0.25) is 19.8 Å². The number of benzene rings is 1. The Hall–Kier alpha value is -3.63. The van der Waals surface area contributed by atoms with Crippen molar-refractivity contribution >= 4 is 58.2 Å². The molecule has 1 aliphatic carbocycles. The molecule has 5 rings (SSSR count). The molecule has 1 aliphatic heterocycles. The van der Waals surface area contributed by atoms with E-state index in [0.29, 0.717) is 16.8 Å². The number of ether oxygens (including phenoxy) is 1. The summed E-state index contributed by atoms with van der Waals surface area (Å²) in [5.41, 5.74) is 4.21. The van der Waals surface area contributed by atoms with Crippen molar-refractivity contribution in [1.29, 1.82) is 0 Å². The normalized spacial score (nSPS) is 16.6. The summed E-state index contributed by atoms with van der Waals surface area (Å²) in [5, 5.41) is 3.28. The van der Waals surface area contributed by atoms with E-state index in [-0.39, 0.29) is 23.3 Å². The summed E-state index contributed by atoms with van der Waals surface area (Å²) in [6, 6.07) is 7.18. The first kappa shape index (κ1) is 26.0. The van der Waals surface area contributed by atoms with Crippen molar-refractivity contribution in [2.45, 2.75) is 46.5 Å². The molecule has 2 amide bonds. The van der Waals surface area contributed by atoms with Crippen molar-refractivity contribution in [3.8, 4) is 5.00 Å². The average molecular weight is 552 g/mol. The van der Waals surface area contributed by atoms with Crippen molar-refractivity contribution in [3.05, 3.63) is 74.7 Å². The van der Waals surface area contributed by atoms with E-state index in [1.165, 1.54) is 40.1 Å². The summed E-state index contributed by atoms with van der Waals surface area (Å²) in [4.78, 5) is 41.7. The fraction of sp³-hybridized carbons (Fsp3) is 0.286. The molecule has 38 heavy (non-hydrogen) atoms. The molecule has 1 N–H and O–H groups in total. The molecule has 0 spiro atoms. The van der Waals surface area contributed by atoms with Crippen LogP contribution < -0.4 is 10.2 Å². The Labute approximate surface area is 228 Å². The van der Waals surface area contributed by atoms with Crippen LogP contribution in [0.25, 0.3) is 11.1 Å². The Morgan fingerprint density at radius 1 is 1.18 bits per heavy atom. The first-order chi connectivity index (χ1) is 18.2. The number of esters is 1. The van der Waals surface area contributed by atoms with Gasteiger partial charge in [-0.25, -0.2) is 9.18 Å². The number of amides is 2. The van der Waals surface area contributed by atoms with Crippen LogP contribution in [0.3, 0.4) is 0 Å². The molecule has 0 saturated carbocycles. The van der Waals surface area contributed by atoms with E-state index in [2.05, 4.69) is 5.32 Å². The number of carbonyl (C=O) groups excluding carboxylic acids is 3. The molecule has 0 bridgehead atoms. The zero-order chi connectivity index (χ0) is 27.1. The number of nitrogens with zero attached hydrogens (tertiary/aromatic N) is 2. The van der Waals surface area contributed by atoms with Crippen LogP contribution in [0.15, 0.2) is 35.9 Å². The maximum Gasteiger partial charge on any atom is 0.341 e. The third-order valence-electron chi connectivity index (χ3n) is 6.79. The average Bonchev–Trinajstić information content (AvgIpc) is 3.38. The van der Waals surface area contributed by atoms with Gasteiger partial charge in [-0.05, 0) is 106 Å². The van der Waals surface area contributed by atoms with Crippen molar-refractivity contribution in [2.75, 3.05) is 11.5 Å². The molecule has 7 nitrogen and oxygen atoms in total. The number of carbonyl (C=O) groups is 3. The number of fused-ring (bicyclic) bond motifs is 1. The molecule has 1 aromatic carbocycles. The van der Waals surface area contributed by atoms with Gasteiger partial charge >= 0.3 is 5.97 Å². The summed E-state index contributed by atoms with van der Waals surface area (Å²) < 4.78 is 20.9. The van der Waals surface area contributed by atoms with E-state index < -0.39 is 17.6 Å². The molecule has 1 saturated heterocycles. The van der Waals surface area contributed by atoms with E-state index in [9.17, 15) is 18.8 Å². The van der Waals surface area contributed by atoms with Gasteiger partial charge in [0.25, 0.3) is 11.8 Å². The lowest BCUT2D eigenvalue weighted by Gasteiger charge is -2.28. The molecule has 0 radical (unpaired) electrons. The zero-order valence-electron chi connectivity index (χ0n) is 21.2. The van der Waals surface area contributed by atoms with Crippen LogP contribution in [0.1, 0.15) is 57.5 Å². The van der Waals surface area contributed by atoms with Crippen molar-refractivity contribution in [3.63, 3.8) is 0 Å². The maximum absolute atomic E-state index is 13.4. The topological polar surface area (TPSA) is 80.6 Å². The van der Waals surface area contributed by atoms with E-state index in [1.54, 1.807) is 18.3 Å². The fourth-order valence-electron chi connectivity index (χ4n) is 5.01. The number of aromatic nitrogens is 1. The SMILES string of the molecule is CCOC(=O)c1c(-n2c(C)cc(C=C3C(=O)NC(=S)N(c4ccc(F)cc4)C3=O)c2C)sc2c1CCCC2. The first-order valence-electron chi connectivity index (χ1n) is 12.4. The van der Waals surface area contributed by atoms with Crippen LogP contribution in [0.5, 0.6) is 0 Å². The lowest BCUT2D eigenvalue weighted by atomic mass is 9.95. The van der Waals surface area contributed by atoms with Gasteiger partial charge in [0.1, 0.15) is 16.4 Å². The second kappa shape index (κ2) is 10.3. The van der Waals surface area contributed by atoms with Gasteiger partial charge in [-0.1, -0.05) is 0 Å². The highest BCUT2D eigenvalue weighted by Crippen LogP contribution is 2.39. The summed E-state index contributed by atoms with van der Waals surface area (Å²) in [7, 11) is 0. The lowest BCUT2D eigenvalue weighted by Crippen LogP contribution is -2.54. The lowest BCUT2D eigenvalue weighted by molar-refractivity contribution is -0.122. The molecule has 1 fully saturated rings. The molecule has 10 heteroatoms. The van der Waals surface area contributed by atoms with Crippen LogP contribution >= 0.6 is 23.6 Å². The Morgan fingerprint density at radius 3 is 2.61 bits per heavy atom. The van der Waals surface area contributed by atoms with Crippen LogP contribution in [-0.2, 0) is 27.2 Å². The van der Waals surface area contributed by atoms with Crippen molar-refractivity contribution < 1.29 is 23.5 Å². The van der Waals surface area contributed by atoms with Crippen molar-refractivity contribution in [1.82, 2.24) is 9.88 Å². The molecule has 2 aliphatic rings. The second-order valence-corrected chi connectivity index (χ2v) is 10.7. The second-order valence-electron chi connectivity index (χ2n) is 9.21. The van der Waals surface area contributed by atoms with Crippen LogP contribution in [0, 0.1) is 19.7 Å². The third-order valence-corrected chi connectivity index (χ3v) is 8.35. The maximum atomic E-state index is 13.4.